The molecule has 1 N–H and O–H groups in total. The minimum absolute atomic E-state index is 0.0128. The normalized spacial score (nSPS) is 17.3. The number of imidazole rings is 1. The van der Waals surface area contributed by atoms with E-state index in [1.165, 1.54) is 16.2 Å². The summed E-state index contributed by atoms with van der Waals surface area (Å²) in [6, 6.07) is 16.7. The van der Waals surface area contributed by atoms with Gasteiger partial charge in [-0.2, -0.15) is 0 Å². The molecule has 0 radical (unpaired) electrons. The molecule has 4 heterocycles. The van der Waals surface area contributed by atoms with Gasteiger partial charge in [0.15, 0.2) is 10.9 Å². The van der Waals surface area contributed by atoms with Crippen LogP contribution in [0.1, 0.15) is 46.6 Å². The van der Waals surface area contributed by atoms with E-state index in [2.05, 4.69) is 11.9 Å². The van der Waals surface area contributed by atoms with Crippen LogP contribution in [0.3, 0.4) is 0 Å². The Balaban J connectivity index is 1.59. The first-order chi connectivity index (χ1) is 18.3. The lowest BCUT2D eigenvalue weighted by atomic mass is 9.95. The molecule has 0 spiro atoms. The molecule has 5 aromatic rings. The number of hydrogen-bond donors (Lipinski definition) is 1. The Bertz CT molecular complexity index is 1800. The SMILES string of the molecule is CCc1ccc(C2/C(=C(\O)c3nc4c(C)cccn4c3C)C(=O)C(=O)N2c2nc3ccc(C)cc3s2)cc1. The van der Waals surface area contributed by atoms with E-state index in [1.807, 2.05) is 86.0 Å². The minimum atomic E-state index is -0.840. The highest BCUT2D eigenvalue weighted by Crippen LogP contribution is 2.44. The smallest absolute Gasteiger partial charge is 0.301 e. The van der Waals surface area contributed by atoms with Gasteiger partial charge < -0.3 is 9.51 Å². The van der Waals surface area contributed by atoms with Gasteiger partial charge in [-0.1, -0.05) is 54.7 Å². The third-order valence-corrected chi connectivity index (χ3v) is 8.21. The Morgan fingerprint density at radius 2 is 1.79 bits per heavy atom. The molecule has 1 fully saturated rings. The maximum atomic E-state index is 13.6. The average molecular weight is 523 g/mol. The number of aliphatic hydroxyl groups is 1. The fraction of sp³-hybridized carbons (Fsp3) is 0.200. The number of carbonyl (C=O) groups is 2. The summed E-state index contributed by atoms with van der Waals surface area (Å²) in [4.78, 5) is 38.0. The van der Waals surface area contributed by atoms with E-state index in [4.69, 9.17) is 4.98 Å². The predicted octanol–water partition coefficient (Wildman–Crippen LogP) is 6.06. The highest BCUT2D eigenvalue weighted by molar-refractivity contribution is 7.22. The van der Waals surface area contributed by atoms with Crippen molar-refractivity contribution in [3.8, 4) is 0 Å². The molecular formula is C30H26N4O3S. The molecule has 1 aliphatic heterocycles. The summed E-state index contributed by atoms with van der Waals surface area (Å²) in [5.74, 6) is -1.76. The maximum absolute atomic E-state index is 13.6. The van der Waals surface area contributed by atoms with Gasteiger partial charge in [0.1, 0.15) is 11.3 Å². The van der Waals surface area contributed by atoms with Gasteiger partial charge in [-0.05, 0) is 67.6 Å². The Morgan fingerprint density at radius 1 is 1.03 bits per heavy atom. The number of aliphatic hydroxyl groups excluding tert-OH is 1. The molecular weight excluding hydrogens is 496 g/mol. The Kier molecular flexibility index (Phi) is 5.65. The number of carbonyl (C=O) groups excluding carboxylic acids is 2. The Morgan fingerprint density at radius 3 is 2.50 bits per heavy atom. The van der Waals surface area contributed by atoms with Gasteiger partial charge >= 0.3 is 5.91 Å². The molecule has 1 amide bonds. The van der Waals surface area contributed by atoms with E-state index < -0.39 is 17.7 Å². The van der Waals surface area contributed by atoms with Crippen LogP contribution in [-0.2, 0) is 16.0 Å². The molecule has 0 aliphatic carbocycles. The third kappa shape index (κ3) is 3.63. The summed E-state index contributed by atoms with van der Waals surface area (Å²) < 4.78 is 2.80. The van der Waals surface area contributed by atoms with Crippen LogP contribution in [0.15, 0.2) is 66.4 Å². The zero-order valence-electron chi connectivity index (χ0n) is 21.5. The van der Waals surface area contributed by atoms with E-state index >= 15 is 0 Å². The number of hydrogen-bond acceptors (Lipinski definition) is 6. The number of nitrogens with zero attached hydrogens (tertiary/aromatic N) is 4. The van der Waals surface area contributed by atoms with Crippen molar-refractivity contribution in [2.24, 2.45) is 0 Å². The van der Waals surface area contributed by atoms with Gasteiger partial charge in [0, 0.05) is 6.20 Å². The molecule has 190 valence electrons. The summed E-state index contributed by atoms with van der Waals surface area (Å²) in [6.07, 6.45) is 2.72. The van der Waals surface area contributed by atoms with Crippen molar-refractivity contribution >= 4 is 49.8 Å². The van der Waals surface area contributed by atoms with Crippen molar-refractivity contribution in [3.05, 3.63) is 100 Å². The second kappa shape index (κ2) is 8.92. The van der Waals surface area contributed by atoms with Gasteiger partial charge in [-0.25, -0.2) is 9.97 Å². The fourth-order valence-electron chi connectivity index (χ4n) is 5.08. The molecule has 7 nitrogen and oxygen atoms in total. The number of pyridine rings is 1. The lowest BCUT2D eigenvalue weighted by Crippen LogP contribution is -2.29. The molecule has 8 heteroatoms. The van der Waals surface area contributed by atoms with Crippen molar-refractivity contribution in [1.82, 2.24) is 14.4 Å². The number of amides is 1. The van der Waals surface area contributed by atoms with Crippen molar-refractivity contribution in [2.75, 3.05) is 4.90 Å². The highest BCUT2D eigenvalue weighted by atomic mass is 32.1. The van der Waals surface area contributed by atoms with Gasteiger partial charge in [-0.3, -0.25) is 14.5 Å². The summed E-state index contributed by atoms with van der Waals surface area (Å²) >= 11 is 1.36. The summed E-state index contributed by atoms with van der Waals surface area (Å²) in [7, 11) is 0. The number of thiazole rings is 1. The average Bonchev–Trinajstić information content (AvgIpc) is 3.56. The monoisotopic (exact) mass is 522 g/mol. The summed E-state index contributed by atoms with van der Waals surface area (Å²) in [5, 5.41) is 12.1. The quantitative estimate of drug-likeness (QED) is 0.176. The molecule has 3 aromatic heterocycles. The van der Waals surface area contributed by atoms with E-state index in [1.54, 1.807) is 0 Å². The van der Waals surface area contributed by atoms with Gasteiger partial charge in [0.25, 0.3) is 5.78 Å². The number of ketones is 1. The van der Waals surface area contributed by atoms with Crippen molar-refractivity contribution < 1.29 is 14.7 Å². The lowest BCUT2D eigenvalue weighted by Gasteiger charge is -2.23. The summed E-state index contributed by atoms with van der Waals surface area (Å²) in [5.41, 5.74) is 6.29. The fourth-order valence-corrected chi connectivity index (χ4v) is 6.17. The van der Waals surface area contributed by atoms with Crippen LogP contribution in [-0.4, -0.2) is 31.2 Å². The number of benzene rings is 2. The number of aromatic nitrogens is 3. The summed E-state index contributed by atoms with van der Waals surface area (Å²) in [6.45, 7) is 7.84. The van der Waals surface area contributed by atoms with Gasteiger partial charge in [0.2, 0.25) is 0 Å². The van der Waals surface area contributed by atoms with Crippen LogP contribution in [0.4, 0.5) is 5.13 Å². The first-order valence-corrected chi connectivity index (χ1v) is 13.3. The largest absolute Gasteiger partial charge is 0.505 e. The molecule has 2 aromatic carbocycles. The van der Waals surface area contributed by atoms with E-state index in [9.17, 15) is 14.7 Å². The molecule has 6 rings (SSSR count). The maximum Gasteiger partial charge on any atom is 0.301 e. The molecule has 1 saturated heterocycles. The van der Waals surface area contributed by atoms with Gasteiger partial charge in [-0.15, -0.1) is 0 Å². The van der Waals surface area contributed by atoms with E-state index in [-0.39, 0.29) is 17.0 Å². The number of rotatable bonds is 4. The third-order valence-electron chi connectivity index (χ3n) is 7.20. The van der Waals surface area contributed by atoms with E-state index in [0.717, 1.165) is 38.9 Å². The van der Waals surface area contributed by atoms with Gasteiger partial charge in [0.05, 0.1) is 27.5 Å². The molecule has 0 saturated carbocycles. The molecule has 1 unspecified atom stereocenters. The molecule has 0 bridgehead atoms. The van der Waals surface area contributed by atoms with Crippen LogP contribution in [0.25, 0.3) is 21.6 Å². The second-order valence-corrected chi connectivity index (χ2v) is 10.7. The number of anilines is 1. The van der Waals surface area contributed by atoms with Crippen molar-refractivity contribution in [2.45, 2.75) is 40.2 Å². The molecule has 1 atom stereocenters. The Hall–Kier alpha value is -4.30. The first kappa shape index (κ1) is 24.1. The van der Waals surface area contributed by atoms with Crippen LogP contribution >= 0.6 is 11.3 Å². The highest BCUT2D eigenvalue weighted by Gasteiger charge is 2.48. The molecule has 38 heavy (non-hydrogen) atoms. The first-order valence-electron chi connectivity index (χ1n) is 12.5. The van der Waals surface area contributed by atoms with E-state index in [0.29, 0.717) is 16.5 Å². The van der Waals surface area contributed by atoms with Crippen LogP contribution < -0.4 is 4.90 Å². The van der Waals surface area contributed by atoms with Crippen LogP contribution in [0.5, 0.6) is 0 Å². The minimum Gasteiger partial charge on any atom is -0.505 e. The standard InChI is InChI=1S/C30H26N4O3S/c1-5-19-9-11-20(12-10-19)25-23(26(35)24-18(4)33-14-6-7-17(3)28(33)32-24)27(36)29(37)34(25)30-31-21-13-8-16(2)15-22(21)38-30/h6-15,25,35H,5H2,1-4H3/b26-23+. The predicted molar refractivity (Wildman–Crippen MR) is 150 cm³/mol. The zero-order chi connectivity index (χ0) is 26.7. The lowest BCUT2D eigenvalue weighted by molar-refractivity contribution is -0.132. The Labute approximate surface area is 223 Å². The molecule has 1 aliphatic rings. The number of aryl methyl sites for hydroxylation is 4. The zero-order valence-corrected chi connectivity index (χ0v) is 22.3. The van der Waals surface area contributed by atoms with Crippen molar-refractivity contribution in [3.63, 3.8) is 0 Å². The number of Topliss-reactive ketones (excluding diaryl/α,β-unsaturated/α-hetero) is 1. The number of fused-ring (bicyclic) bond motifs is 2. The topological polar surface area (TPSA) is 87.8 Å². The van der Waals surface area contributed by atoms with Crippen molar-refractivity contribution in [1.29, 1.82) is 0 Å². The second-order valence-electron chi connectivity index (χ2n) is 9.66. The van der Waals surface area contributed by atoms with Crippen LogP contribution in [0.2, 0.25) is 0 Å². The van der Waals surface area contributed by atoms with Crippen LogP contribution in [0, 0.1) is 20.8 Å².